The number of anilines is 1. The van der Waals surface area contributed by atoms with Crippen molar-refractivity contribution >= 4 is 39.1 Å². The third kappa shape index (κ3) is 7.44. The van der Waals surface area contributed by atoms with Crippen molar-refractivity contribution in [3.8, 4) is 5.75 Å². The summed E-state index contributed by atoms with van der Waals surface area (Å²) in [6, 6.07) is 17.9. The molecule has 0 aliphatic heterocycles. The van der Waals surface area contributed by atoms with E-state index in [1.165, 1.54) is 24.1 Å². The van der Waals surface area contributed by atoms with E-state index in [9.17, 15) is 18.0 Å². The summed E-state index contributed by atoms with van der Waals surface area (Å²) in [5.41, 5.74) is 2.70. The van der Waals surface area contributed by atoms with Gasteiger partial charge in [0.1, 0.15) is 18.3 Å². The van der Waals surface area contributed by atoms with Gasteiger partial charge in [-0.25, -0.2) is 8.42 Å². The minimum absolute atomic E-state index is 0.0423. The van der Waals surface area contributed by atoms with Crippen LogP contribution in [0.15, 0.2) is 71.6 Å². The molecule has 0 radical (unpaired) electrons. The number of nitrogens with one attached hydrogen (secondary N) is 1. The maximum absolute atomic E-state index is 14.2. The summed E-state index contributed by atoms with van der Waals surface area (Å²) < 4.78 is 34.8. The van der Waals surface area contributed by atoms with Crippen LogP contribution in [0, 0.1) is 13.8 Å². The zero-order valence-corrected chi connectivity index (χ0v) is 26.0. The maximum atomic E-state index is 14.2. The highest BCUT2D eigenvalue weighted by molar-refractivity contribution is 7.92. The highest BCUT2D eigenvalue weighted by Crippen LogP contribution is 2.34. The molecule has 1 unspecified atom stereocenters. The summed E-state index contributed by atoms with van der Waals surface area (Å²) in [6.07, 6.45) is 3.91. The Morgan fingerprint density at radius 2 is 1.60 bits per heavy atom. The monoisotopic (exact) mass is 611 g/mol. The first kappa shape index (κ1) is 31.4. The molecule has 224 valence electrons. The number of nitrogens with zero attached hydrogens (tertiary/aromatic N) is 2. The first-order chi connectivity index (χ1) is 20.0. The smallest absolute Gasteiger partial charge is 0.264 e. The lowest BCUT2D eigenvalue weighted by atomic mass is 10.1. The van der Waals surface area contributed by atoms with Crippen molar-refractivity contribution in [3.63, 3.8) is 0 Å². The molecule has 8 nitrogen and oxygen atoms in total. The van der Waals surface area contributed by atoms with Gasteiger partial charge >= 0.3 is 0 Å². The Kier molecular flexibility index (Phi) is 10.2. The second kappa shape index (κ2) is 13.6. The summed E-state index contributed by atoms with van der Waals surface area (Å²) >= 11 is 6.09. The molecule has 3 aromatic rings. The normalized spacial score (nSPS) is 14.3. The van der Waals surface area contributed by atoms with E-state index in [-0.39, 0.29) is 29.1 Å². The van der Waals surface area contributed by atoms with Crippen molar-refractivity contribution in [2.75, 3.05) is 18.0 Å². The Bertz CT molecular complexity index is 1500. The number of sulfonamides is 1. The third-order valence-corrected chi connectivity index (χ3v) is 9.65. The van der Waals surface area contributed by atoms with Crippen molar-refractivity contribution < 1.29 is 22.7 Å². The van der Waals surface area contributed by atoms with Gasteiger partial charge in [0.05, 0.1) is 17.7 Å². The Balaban J connectivity index is 1.73. The van der Waals surface area contributed by atoms with Crippen LogP contribution in [0.4, 0.5) is 5.69 Å². The molecule has 0 bridgehead atoms. The number of ether oxygens (including phenoxy) is 1. The Morgan fingerprint density at radius 1 is 0.976 bits per heavy atom. The molecule has 3 aromatic carbocycles. The third-order valence-electron chi connectivity index (χ3n) is 7.63. The van der Waals surface area contributed by atoms with Crippen LogP contribution in [-0.2, 0) is 26.2 Å². The lowest BCUT2D eigenvalue weighted by Gasteiger charge is -2.33. The van der Waals surface area contributed by atoms with Gasteiger partial charge in [0.15, 0.2) is 0 Å². The molecule has 2 amide bonds. The quantitative estimate of drug-likeness (QED) is 0.303. The number of rotatable bonds is 11. The number of benzene rings is 3. The van der Waals surface area contributed by atoms with E-state index in [0.29, 0.717) is 10.8 Å². The lowest BCUT2D eigenvalue weighted by molar-refractivity contribution is -0.139. The molecule has 0 aromatic heterocycles. The van der Waals surface area contributed by atoms with Crippen molar-refractivity contribution in [1.82, 2.24) is 10.2 Å². The van der Waals surface area contributed by atoms with Crippen LogP contribution in [0.5, 0.6) is 5.75 Å². The van der Waals surface area contributed by atoms with Gasteiger partial charge in [-0.1, -0.05) is 60.3 Å². The van der Waals surface area contributed by atoms with Crippen molar-refractivity contribution in [3.05, 3.63) is 88.4 Å². The largest absolute Gasteiger partial charge is 0.495 e. The van der Waals surface area contributed by atoms with E-state index in [2.05, 4.69) is 5.32 Å². The predicted octanol–water partition coefficient (Wildman–Crippen LogP) is 5.64. The summed E-state index contributed by atoms with van der Waals surface area (Å²) in [5.74, 6) is -0.496. The highest BCUT2D eigenvalue weighted by atomic mass is 35.5. The van der Waals surface area contributed by atoms with E-state index in [1.54, 1.807) is 55.5 Å². The van der Waals surface area contributed by atoms with Crippen LogP contribution in [0.1, 0.15) is 49.3 Å². The molecule has 1 aliphatic rings. The number of amides is 2. The highest BCUT2D eigenvalue weighted by Gasteiger charge is 2.34. The summed E-state index contributed by atoms with van der Waals surface area (Å²) in [5, 5.41) is 3.62. The van der Waals surface area contributed by atoms with Gasteiger partial charge in [-0.15, -0.1) is 0 Å². The molecule has 0 spiro atoms. The minimum Gasteiger partial charge on any atom is -0.495 e. The van der Waals surface area contributed by atoms with Gasteiger partial charge in [0, 0.05) is 17.6 Å². The molecule has 1 fully saturated rings. The first-order valence-electron chi connectivity index (χ1n) is 14.1. The second-order valence-electron chi connectivity index (χ2n) is 10.8. The van der Waals surface area contributed by atoms with Crippen LogP contribution in [0.2, 0.25) is 5.02 Å². The molecule has 1 aliphatic carbocycles. The fraction of sp³-hybridized carbons (Fsp3) is 0.375. The number of halogens is 1. The van der Waals surface area contributed by atoms with Crippen LogP contribution in [0.3, 0.4) is 0 Å². The average molecular weight is 612 g/mol. The van der Waals surface area contributed by atoms with Crippen LogP contribution < -0.4 is 14.4 Å². The van der Waals surface area contributed by atoms with E-state index >= 15 is 0 Å². The molecule has 4 rings (SSSR count). The van der Waals surface area contributed by atoms with Crippen LogP contribution in [0.25, 0.3) is 0 Å². The molecule has 0 saturated heterocycles. The summed E-state index contributed by atoms with van der Waals surface area (Å²) in [7, 11) is -2.75. The number of carbonyl (C=O) groups excluding carboxylic acids is 2. The second-order valence-corrected chi connectivity index (χ2v) is 13.1. The van der Waals surface area contributed by atoms with Crippen LogP contribution in [-0.4, -0.2) is 50.9 Å². The molecular weight excluding hydrogens is 574 g/mol. The fourth-order valence-electron chi connectivity index (χ4n) is 5.11. The minimum atomic E-state index is -4.20. The number of hydrogen-bond donors (Lipinski definition) is 1. The molecule has 1 N–H and O–H groups in total. The van der Waals surface area contributed by atoms with E-state index in [0.717, 1.165) is 46.7 Å². The van der Waals surface area contributed by atoms with Crippen molar-refractivity contribution in [2.45, 2.75) is 70.0 Å². The maximum Gasteiger partial charge on any atom is 0.264 e. The van der Waals surface area contributed by atoms with Gasteiger partial charge in [0.25, 0.3) is 10.0 Å². The van der Waals surface area contributed by atoms with Gasteiger partial charge in [-0.3, -0.25) is 13.9 Å². The summed E-state index contributed by atoms with van der Waals surface area (Å²) in [4.78, 5) is 29.0. The number of aryl methyl sites for hydroxylation is 2. The Labute approximate surface area is 253 Å². The average Bonchev–Trinajstić information content (AvgIpc) is 3.48. The molecule has 1 saturated carbocycles. The zero-order valence-electron chi connectivity index (χ0n) is 24.5. The van der Waals surface area contributed by atoms with Gasteiger partial charge in [0.2, 0.25) is 11.8 Å². The topological polar surface area (TPSA) is 96.0 Å². The fourth-order valence-corrected chi connectivity index (χ4v) is 6.65. The van der Waals surface area contributed by atoms with E-state index in [4.69, 9.17) is 16.3 Å². The standard InChI is InChI=1S/C32H38ClN3O5S/c1-22-9-16-28(17-10-22)42(39,40)36(29-19-23(2)11-18-30(29)41-4)21-31(37)35(20-25-12-14-26(33)15-13-25)24(3)32(38)34-27-7-5-6-8-27/h9-19,24,27H,5-8,20-21H2,1-4H3,(H,34,38). The number of carbonyl (C=O) groups is 2. The number of methoxy groups -OCH3 is 1. The summed E-state index contributed by atoms with van der Waals surface area (Å²) in [6.45, 7) is 4.94. The predicted molar refractivity (Wildman–Crippen MR) is 165 cm³/mol. The molecule has 1 atom stereocenters. The SMILES string of the molecule is COc1ccc(C)cc1N(CC(=O)N(Cc1ccc(Cl)cc1)C(C)C(=O)NC1CCCC1)S(=O)(=O)c1ccc(C)cc1. The molecular formula is C32H38ClN3O5S. The molecule has 0 heterocycles. The lowest BCUT2D eigenvalue weighted by Crippen LogP contribution is -2.52. The van der Waals surface area contributed by atoms with Crippen molar-refractivity contribution in [2.24, 2.45) is 0 Å². The Hall–Kier alpha value is -3.56. The number of hydrogen-bond acceptors (Lipinski definition) is 5. The van der Waals surface area contributed by atoms with Gasteiger partial charge < -0.3 is 15.0 Å². The molecule has 42 heavy (non-hydrogen) atoms. The first-order valence-corrected chi connectivity index (χ1v) is 15.9. The van der Waals surface area contributed by atoms with Crippen molar-refractivity contribution in [1.29, 1.82) is 0 Å². The van der Waals surface area contributed by atoms with Crippen LogP contribution >= 0.6 is 11.6 Å². The zero-order chi connectivity index (χ0) is 30.4. The van der Waals surface area contributed by atoms with E-state index in [1.807, 2.05) is 19.9 Å². The van der Waals surface area contributed by atoms with Gasteiger partial charge in [-0.2, -0.15) is 0 Å². The van der Waals surface area contributed by atoms with E-state index < -0.39 is 28.5 Å². The Morgan fingerprint density at radius 3 is 2.21 bits per heavy atom. The van der Waals surface area contributed by atoms with Gasteiger partial charge in [-0.05, 0) is 81.1 Å². The molecule has 10 heteroatoms.